The quantitative estimate of drug-likeness (QED) is 0.401. The van der Waals surface area contributed by atoms with Crippen molar-refractivity contribution < 1.29 is 9.59 Å². The van der Waals surface area contributed by atoms with E-state index in [1.165, 1.54) is 17.3 Å². The monoisotopic (exact) mass is 445 g/mol. The van der Waals surface area contributed by atoms with Gasteiger partial charge in [-0.2, -0.15) is 5.10 Å². The highest BCUT2D eigenvalue weighted by Gasteiger charge is 2.15. The summed E-state index contributed by atoms with van der Waals surface area (Å²) in [6.45, 7) is 3.96. The molecule has 0 spiro atoms. The van der Waals surface area contributed by atoms with E-state index in [2.05, 4.69) is 36.0 Å². The van der Waals surface area contributed by atoms with Crippen LogP contribution in [0.15, 0.2) is 67.6 Å². The Labute approximate surface area is 189 Å². The van der Waals surface area contributed by atoms with Crippen LogP contribution < -0.4 is 16.0 Å². The molecule has 3 N–H and O–H groups in total. The van der Waals surface area contributed by atoms with E-state index in [9.17, 15) is 9.59 Å². The first-order chi connectivity index (χ1) is 16.0. The lowest BCUT2D eigenvalue weighted by molar-refractivity contribution is -0.119. The minimum Gasteiger partial charge on any atom is -0.334 e. The first-order valence-corrected chi connectivity index (χ1v) is 10.2. The minimum atomic E-state index is -0.498. The van der Waals surface area contributed by atoms with Crippen LogP contribution in [0, 0.1) is 6.92 Å². The number of urea groups is 1. The summed E-state index contributed by atoms with van der Waals surface area (Å²) in [5.41, 5.74) is 2.11. The smallest absolute Gasteiger partial charge is 0.319 e. The van der Waals surface area contributed by atoms with E-state index in [-0.39, 0.29) is 11.9 Å². The highest BCUT2D eigenvalue weighted by Crippen LogP contribution is 2.16. The van der Waals surface area contributed by atoms with Gasteiger partial charge in [0.05, 0.1) is 0 Å². The standard InChI is InChI=1S/C22H23N9O2/c1-15(31-14-23-13-27-31)21(32)28-18-3-5-19(6-4-18)29-22(33)26-12-17-7-8-25-20(11-17)30-10-9-24-16(30)2/h3-11,13-15H,12H2,1-2H3,(H,28,32)(H2,26,29,33). The van der Waals surface area contributed by atoms with Crippen LogP contribution in [0.2, 0.25) is 0 Å². The molecule has 0 aliphatic heterocycles. The maximum Gasteiger partial charge on any atom is 0.319 e. The molecule has 11 heteroatoms. The number of anilines is 2. The van der Waals surface area contributed by atoms with Crippen molar-refractivity contribution in [1.82, 2.24) is 34.6 Å². The second kappa shape index (κ2) is 9.73. The van der Waals surface area contributed by atoms with Crippen LogP contribution in [0.4, 0.5) is 16.2 Å². The molecular formula is C22H23N9O2. The van der Waals surface area contributed by atoms with Gasteiger partial charge in [-0.25, -0.2) is 24.4 Å². The van der Waals surface area contributed by atoms with Crippen molar-refractivity contribution in [3.8, 4) is 5.82 Å². The normalized spacial score (nSPS) is 11.6. The van der Waals surface area contributed by atoms with Crippen LogP contribution >= 0.6 is 0 Å². The molecule has 0 aliphatic carbocycles. The summed E-state index contributed by atoms with van der Waals surface area (Å²) in [4.78, 5) is 37.0. The first kappa shape index (κ1) is 21.7. The lowest BCUT2D eigenvalue weighted by atomic mass is 10.2. The highest BCUT2D eigenvalue weighted by atomic mass is 16.2. The van der Waals surface area contributed by atoms with Crippen molar-refractivity contribution >= 4 is 23.3 Å². The van der Waals surface area contributed by atoms with E-state index in [1.54, 1.807) is 43.6 Å². The van der Waals surface area contributed by atoms with E-state index in [1.807, 2.05) is 29.8 Å². The summed E-state index contributed by atoms with van der Waals surface area (Å²) in [5.74, 6) is 1.35. The number of aromatic nitrogens is 6. The average Bonchev–Trinajstić information content (AvgIpc) is 3.51. The Balaban J connectivity index is 1.29. The molecule has 3 amide bonds. The Kier molecular flexibility index (Phi) is 6.39. The summed E-state index contributed by atoms with van der Waals surface area (Å²) < 4.78 is 3.34. The van der Waals surface area contributed by atoms with Gasteiger partial charge in [0.15, 0.2) is 0 Å². The molecule has 4 aromatic rings. The van der Waals surface area contributed by atoms with E-state index in [0.29, 0.717) is 17.9 Å². The topological polar surface area (TPSA) is 132 Å². The van der Waals surface area contributed by atoms with Crippen LogP contribution in [0.3, 0.4) is 0 Å². The predicted octanol–water partition coefficient (Wildman–Crippen LogP) is 2.69. The lowest BCUT2D eigenvalue weighted by Crippen LogP contribution is -2.28. The first-order valence-electron chi connectivity index (χ1n) is 10.2. The summed E-state index contributed by atoms with van der Waals surface area (Å²) in [6, 6.07) is 9.74. The summed E-state index contributed by atoms with van der Waals surface area (Å²) in [7, 11) is 0. The van der Waals surface area contributed by atoms with Gasteiger partial charge in [-0.1, -0.05) is 0 Å². The van der Waals surface area contributed by atoms with Crippen molar-refractivity contribution in [2.75, 3.05) is 10.6 Å². The number of carbonyl (C=O) groups excluding carboxylic acids is 2. The summed E-state index contributed by atoms with van der Waals surface area (Å²) in [5, 5.41) is 12.4. The number of nitrogens with one attached hydrogen (secondary N) is 3. The zero-order valence-electron chi connectivity index (χ0n) is 18.1. The number of aryl methyl sites for hydroxylation is 1. The largest absolute Gasteiger partial charge is 0.334 e. The van der Waals surface area contributed by atoms with E-state index < -0.39 is 6.04 Å². The molecule has 4 rings (SSSR count). The Morgan fingerprint density at radius 2 is 1.79 bits per heavy atom. The molecule has 0 saturated carbocycles. The van der Waals surface area contributed by atoms with Gasteiger partial charge in [-0.3, -0.25) is 9.36 Å². The second-order valence-electron chi connectivity index (χ2n) is 7.29. The predicted molar refractivity (Wildman–Crippen MR) is 122 cm³/mol. The lowest BCUT2D eigenvalue weighted by Gasteiger charge is -2.13. The third-order valence-electron chi connectivity index (χ3n) is 4.96. The fraction of sp³-hybridized carbons (Fsp3) is 0.182. The zero-order chi connectivity index (χ0) is 23.2. The number of imidazole rings is 1. The van der Waals surface area contributed by atoms with E-state index in [4.69, 9.17) is 0 Å². The van der Waals surface area contributed by atoms with Gasteiger partial charge in [0.1, 0.15) is 30.3 Å². The van der Waals surface area contributed by atoms with Crippen molar-refractivity contribution in [2.45, 2.75) is 26.4 Å². The molecule has 1 atom stereocenters. The molecule has 0 fully saturated rings. The minimum absolute atomic E-state index is 0.221. The molecule has 1 unspecified atom stereocenters. The number of hydrogen-bond donors (Lipinski definition) is 3. The van der Waals surface area contributed by atoms with Crippen molar-refractivity contribution in [3.05, 3.63) is 79.0 Å². The van der Waals surface area contributed by atoms with Crippen molar-refractivity contribution in [3.63, 3.8) is 0 Å². The van der Waals surface area contributed by atoms with Crippen molar-refractivity contribution in [1.29, 1.82) is 0 Å². The molecule has 0 radical (unpaired) electrons. The Bertz CT molecular complexity index is 1230. The Hall–Kier alpha value is -4.54. The number of nitrogens with zero attached hydrogens (tertiary/aromatic N) is 6. The zero-order valence-corrected chi connectivity index (χ0v) is 18.1. The molecule has 3 heterocycles. The van der Waals surface area contributed by atoms with Gasteiger partial charge in [-0.05, 0) is 55.8 Å². The second-order valence-corrected chi connectivity index (χ2v) is 7.29. The number of amides is 3. The highest BCUT2D eigenvalue weighted by molar-refractivity contribution is 5.94. The molecule has 3 aromatic heterocycles. The molecule has 1 aromatic carbocycles. The number of carbonyl (C=O) groups is 2. The molecule has 11 nitrogen and oxygen atoms in total. The fourth-order valence-corrected chi connectivity index (χ4v) is 3.10. The van der Waals surface area contributed by atoms with Crippen LogP contribution in [-0.4, -0.2) is 41.2 Å². The molecular weight excluding hydrogens is 422 g/mol. The van der Waals surface area contributed by atoms with Gasteiger partial charge < -0.3 is 16.0 Å². The molecule has 0 saturated heterocycles. The van der Waals surface area contributed by atoms with Gasteiger partial charge in [0, 0.05) is 36.5 Å². The van der Waals surface area contributed by atoms with Crippen LogP contribution in [0.5, 0.6) is 0 Å². The maximum atomic E-state index is 12.3. The third-order valence-corrected chi connectivity index (χ3v) is 4.96. The molecule has 33 heavy (non-hydrogen) atoms. The number of benzene rings is 1. The number of rotatable bonds is 7. The number of hydrogen-bond acceptors (Lipinski definition) is 6. The van der Waals surface area contributed by atoms with Crippen molar-refractivity contribution in [2.24, 2.45) is 0 Å². The molecule has 168 valence electrons. The molecule has 0 aliphatic rings. The Morgan fingerprint density at radius 3 is 2.45 bits per heavy atom. The maximum absolute atomic E-state index is 12.3. The molecule has 0 bridgehead atoms. The SMILES string of the molecule is Cc1nccn1-c1cc(CNC(=O)Nc2ccc(NC(=O)C(C)n3cncn3)cc2)ccn1. The Morgan fingerprint density at radius 1 is 1.03 bits per heavy atom. The van der Waals surface area contributed by atoms with Crippen LogP contribution in [-0.2, 0) is 11.3 Å². The van der Waals surface area contributed by atoms with Gasteiger partial charge >= 0.3 is 6.03 Å². The van der Waals surface area contributed by atoms with E-state index >= 15 is 0 Å². The van der Waals surface area contributed by atoms with Gasteiger partial charge in [0.2, 0.25) is 5.91 Å². The summed E-state index contributed by atoms with van der Waals surface area (Å²) >= 11 is 0. The third kappa shape index (κ3) is 5.39. The fourth-order valence-electron chi connectivity index (χ4n) is 3.10. The average molecular weight is 445 g/mol. The van der Waals surface area contributed by atoms with Crippen LogP contribution in [0.1, 0.15) is 24.4 Å². The summed E-state index contributed by atoms with van der Waals surface area (Å²) in [6.07, 6.45) is 8.11. The van der Waals surface area contributed by atoms with Gasteiger partial charge in [-0.15, -0.1) is 0 Å². The van der Waals surface area contributed by atoms with Gasteiger partial charge in [0.25, 0.3) is 0 Å². The van der Waals surface area contributed by atoms with E-state index in [0.717, 1.165) is 17.2 Å². The number of pyridine rings is 1. The van der Waals surface area contributed by atoms with Crippen LogP contribution in [0.25, 0.3) is 5.82 Å².